The largest absolute Gasteiger partial charge is 0.467 e. The highest BCUT2D eigenvalue weighted by molar-refractivity contribution is 14.0. The van der Waals surface area contributed by atoms with Crippen LogP contribution in [0.1, 0.15) is 17.7 Å². The van der Waals surface area contributed by atoms with Crippen LogP contribution in [0.15, 0.2) is 58.1 Å². The van der Waals surface area contributed by atoms with Crippen molar-refractivity contribution in [2.75, 3.05) is 20.1 Å². The molecule has 0 bridgehead atoms. The van der Waals surface area contributed by atoms with E-state index in [9.17, 15) is 4.79 Å². The van der Waals surface area contributed by atoms with Crippen molar-refractivity contribution in [3.05, 3.63) is 60.1 Å². The van der Waals surface area contributed by atoms with Gasteiger partial charge in [-0.05, 0) is 30.5 Å². The molecule has 0 fully saturated rings. The van der Waals surface area contributed by atoms with E-state index in [-0.39, 0.29) is 36.4 Å². The number of aliphatic imine (C=N–C) groups is 1. The highest BCUT2D eigenvalue weighted by Gasteiger charge is 2.04. The summed E-state index contributed by atoms with van der Waals surface area (Å²) in [7, 11) is 1.69. The quantitative estimate of drug-likeness (QED) is 0.247. The number of carbonyl (C=O) groups excluding carboxylic acids is 1. The van der Waals surface area contributed by atoms with E-state index in [0.717, 1.165) is 25.1 Å². The fourth-order valence-corrected chi connectivity index (χ4v) is 2.19. The molecule has 1 heterocycles. The number of guanidine groups is 1. The van der Waals surface area contributed by atoms with Crippen LogP contribution in [0.4, 0.5) is 0 Å². The lowest BCUT2D eigenvalue weighted by Gasteiger charge is -2.11. The summed E-state index contributed by atoms with van der Waals surface area (Å²) in [5.74, 6) is 1.24. The molecule has 3 N–H and O–H groups in total. The lowest BCUT2D eigenvalue weighted by molar-refractivity contribution is -0.120. The van der Waals surface area contributed by atoms with Gasteiger partial charge in [0.25, 0.3) is 0 Å². The van der Waals surface area contributed by atoms with Crippen molar-refractivity contribution in [2.24, 2.45) is 4.99 Å². The third kappa shape index (κ3) is 8.57. The zero-order valence-corrected chi connectivity index (χ0v) is 16.7. The van der Waals surface area contributed by atoms with Crippen LogP contribution in [0.5, 0.6) is 0 Å². The molecule has 6 nitrogen and oxygen atoms in total. The number of hydrogen-bond acceptors (Lipinski definition) is 3. The number of halogens is 1. The molecule has 136 valence electrons. The number of furan rings is 1. The molecule has 0 radical (unpaired) electrons. The maximum absolute atomic E-state index is 11.8. The summed E-state index contributed by atoms with van der Waals surface area (Å²) in [6, 6.07) is 14.0. The minimum absolute atomic E-state index is 0. The Morgan fingerprint density at radius 2 is 1.88 bits per heavy atom. The van der Waals surface area contributed by atoms with Gasteiger partial charge in [0.05, 0.1) is 19.4 Å². The third-order valence-electron chi connectivity index (χ3n) is 3.46. The highest BCUT2D eigenvalue weighted by Crippen LogP contribution is 2.01. The smallest absolute Gasteiger partial charge is 0.239 e. The Labute approximate surface area is 165 Å². The summed E-state index contributed by atoms with van der Waals surface area (Å²) in [6.07, 6.45) is 3.59. The van der Waals surface area contributed by atoms with Crippen molar-refractivity contribution in [3.8, 4) is 0 Å². The van der Waals surface area contributed by atoms with Crippen LogP contribution in [0.2, 0.25) is 0 Å². The molecule has 0 saturated carbocycles. The molecule has 0 atom stereocenters. The number of hydrogen-bond donors (Lipinski definition) is 3. The van der Waals surface area contributed by atoms with E-state index in [1.54, 1.807) is 19.4 Å². The highest BCUT2D eigenvalue weighted by atomic mass is 127. The molecule has 1 aromatic carbocycles. The van der Waals surface area contributed by atoms with Gasteiger partial charge < -0.3 is 20.4 Å². The second-order valence-electron chi connectivity index (χ2n) is 5.30. The summed E-state index contributed by atoms with van der Waals surface area (Å²) in [4.78, 5) is 15.9. The van der Waals surface area contributed by atoms with E-state index < -0.39 is 0 Å². The normalized spacial score (nSPS) is 10.7. The molecule has 0 spiro atoms. The van der Waals surface area contributed by atoms with Crippen LogP contribution in [0.25, 0.3) is 0 Å². The molecule has 2 rings (SSSR count). The molecule has 0 unspecified atom stereocenters. The van der Waals surface area contributed by atoms with Gasteiger partial charge in [0.1, 0.15) is 5.76 Å². The molecule has 1 aromatic heterocycles. The van der Waals surface area contributed by atoms with Crippen LogP contribution in [0, 0.1) is 0 Å². The van der Waals surface area contributed by atoms with Crippen LogP contribution < -0.4 is 16.0 Å². The van der Waals surface area contributed by atoms with Gasteiger partial charge in [-0.15, -0.1) is 24.0 Å². The zero-order chi connectivity index (χ0) is 17.0. The van der Waals surface area contributed by atoms with Gasteiger partial charge in [-0.25, -0.2) is 0 Å². The topological polar surface area (TPSA) is 78.7 Å². The summed E-state index contributed by atoms with van der Waals surface area (Å²) in [6.45, 7) is 1.35. The van der Waals surface area contributed by atoms with E-state index in [2.05, 4.69) is 33.1 Å². The Hall–Kier alpha value is -2.03. The van der Waals surface area contributed by atoms with Gasteiger partial charge in [-0.3, -0.25) is 9.79 Å². The number of benzene rings is 1. The molecule has 7 heteroatoms. The van der Waals surface area contributed by atoms with Crippen LogP contribution in [-0.2, 0) is 17.8 Å². The van der Waals surface area contributed by atoms with Crippen molar-refractivity contribution in [2.45, 2.75) is 19.4 Å². The molecule has 0 aliphatic carbocycles. The second-order valence-corrected chi connectivity index (χ2v) is 5.30. The van der Waals surface area contributed by atoms with E-state index >= 15 is 0 Å². The predicted octanol–water partition coefficient (Wildman–Crippen LogP) is 2.31. The first kappa shape index (κ1) is 21.0. The average molecular weight is 456 g/mol. The Bertz CT molecular complexity index is 630. The molecule has 0 saturated heterocycles. The molecular formula is C18H25IN4O2. The average Bonchev–Trinajstić information content (AvgIpc) is 3.14. The fourth-order valence-electron chi connectivity index (χ4n) is 2.19. The lowest BCUT2D eigenvalue weighted by atomic mass is 10.1. The van der Waals surface area contributed by atoms with Crippen LogP contribution in [0.3, 0.4) is 0 Å². The Kier molecular flexibility index (Phi) is 10.4. The van der Waals surface area contributed by atoms with E-state index in [1.165, 1.54) is 5.56 Å². The van der Waals surface area contributed by atoms with Crippen molar-refractivity contribution in [1.29, 1.82) is 0 Å². The molecule has 0 aliphatic rings. The first-order chi connectivity index (χ1) is 11.8. The van der Waals surface area contributed by atoms with Crippen LogP contribution in [-0.4, -0.2) is 32.0 Å². The monoisotopic (exact) mass is 456 g/mol. The maximum Gasteiger partial charge on any atom is 0.239 e. The number of amides is 1. The summed E-state index contributed by atoms with van der Waals surface area (Å²) in [5.41, 5.74) is 1.32. The Morgan fingerprint density at radius 1 is 1.08 bits per heavy atom. The molecule has 2 aromatic rings. The SMILES string of the molecule is CN=C(NCCCc1ccccc1)NCC(=O)NCc1ccco1.I. The van der Waals surface area contributed by atoms with Gasteiger partial charge in [0.2, 0.25) is 5.91 Å². The van der Waals surface area contributed by atoms with Crippen LogP contribution >= 0.6 is 24.0 Å². The summed E-state index contributed by atoms with van der Waals surface area (Å²) < 4.78 is 5.16. The maximum atomic E-state index is 11.8. The van der Waals surface area contributed by atoms with Gasteiger partial charge >= 0.3 is 0 Å². The number of aryl methyl sites for hydroxylation is 1. The standard InChI is InChI=1S/C18H24N4O2.HI/c1-19-18(20-11-5-9-15-7-3-2-4-8-15)22-14-17(23)21-13-16-10-6-12-24-16;/h2-4,6-8,10,12H,5,9,11,13-14H2,1H3,(H,21,23)(H2,19,20,22);1H. The lowest BCUT2D eigenvalue weighted by Crippen LogP contribution is -2.43. The Morgan fingerprint density at radius 3 is 2.56 bits per heavy atom. The number of nitrogens with one attached hydrogen (secondary N) is 3. The molecular weight excluding hydrogens is 431 g/mol. The summed E-state index contributed by atoms with van der Waals surface area (Å²) in [5, 5.41) is 8.97. The van der Waals surface area contributed by atoms with Gasteiger partial charge in [-0.2, -0.15) is 0 Å². The van der Waals surface area contributed by atoms with E-state index in [0.29, 0.717) is 12.5 Å². The van der Waals surface area contributed by atoms with Crippen molar-refractivity contribution in [1.82, 2.24) is 16.0 Å². The van der Waals surface area contributed by atoms with Crippen molar-refractivity contribution in [3.63, 3.8) is 0 Å². The van der Waals surface area contributed by atoms with Crippen molar-refractivity contribution < 1.29 is 9.21 Å². The van der Waals surface area contributed by atoms with E-state index in [4.69, 9.17) is 4.42 Å². The molecule has 25 heavy (non-hydrogen) atoms. The van der Waals surface area contributed by atoms with Crippen molar-refractivity contribution >= 4 is 35.8 Å². The first-order valence-electron chi connectivity index (χ1n) is 8.05. The number of carbonyl (C=O) groups is 1. The van der Waals surface area contributed by atoms with Gasteiger partial charge in [-0.1, -0.05) is 30.3 Å². The first-order valence-corrected chi connectivity index (χ1v) is 8.05. The second kappa shape index (κ2) is 12.3. The number of nitrogens with zero attached hydrogens (tertiary/aromatic N) is 1. The van der Waals surface area contributed by atoms with E-state index in [1.807, 2.05) is 24.3 Å². The minimum atomic E-state index is -0.112. The van der Waals surface area contributed by atoms with Gasteiger partial charge in [0.15, 0.2) is 5.96 Å². The molecule has 0 aliphatic heterocycles. The molecule has 1 amide bonds. The third-order valence-corrected chi connectivity index (χ3v) is 3.46. The Balaban J connectivity index is 0.00000312. The zero-order valence-electron chi connectivity index (χ0n) is 14.3. The van der Waals surface area contributed by atoms with Gasteiger partial charge in [0, 0.05) is 13.6 Å². The fraction of sp³-hybridized carbons (Fsp3) is 0.333. The predicted molar refractivity (Wildman–Crippen MR) is 110 cm³/mol. The number of rotatable bonds is 8. The summed E-state index contributed by atoms with van der Waals surface area (Å²) >= 11 is 0. The minimum Gasteiger partial charge on any atom is -0.467 e.